The zero-order valence-electron chi connectivity index (χ0n) is 7.76. The van der Waals surface area contributed by atoms with Crippen molar-refractivity contribution in [1.82, 2.24) is 0 Å². The predicted molar refractivity (Wildman–Crippen MR) is 47.5 cm³/mol. The molecule has 0 radical (unpaired) electrons. The number of epoxide rings is 1. The van der Waals surface area contributed by atoms with Crippen molar-refractivity contribution in [2.24, 2.45) is 5.41 Å². The molecule has 0 amide bonds. The topological polar surface area (TPSA) is 12.5 Å². The van der Waals surface area contributed by atoms with Crippen LogP contribution in [0.1, 0.15) is 33.6 Å². The van der Waals surface area contributed by atoms with Crippen LogP contribution in [0, 0.1) is 5.41 Å². The molecule has 1 heterocycles. The molecule has 2 unspecified atom stereocenters. The second kappa shape index (κ2) is 2.98. The first-order valence-electron chi connectivity index (χ1n) is 4.34. The van der Waals surface area contributed by atoms with E-state index < -0.39 is 0 Å². The fourth-order valence-electron chi connectivity index (χ4n) is 1.15. The normalized spacial score (nSPS) is 30.1. The summed E-state index contributed by atoms with van der Waals surface area (Å²) in [5.74, 6) is 0. The van der Waals surface area contributed by atoms with Crippen LogP contribution in [0.15, 0.2) is 12.7 Å². The van der Waals surface area contributed by atoms with Gasteiger partial charge in [-0.3, -0.25) is 0 Å². The van der Waals surface area contributed by atoms with Gasteiger partial charge in [-0.05, 0) is 25.2 Å². The summed E-state index contributed by atoms with van der Waals surface area (Å²) in [6, 6.07) is 0. The van der Waals surface area contributed by atoms with Crippen LogP contribution in [0.5, 0.6) is 0 Å². The Kier molecular flexibility index (Phi) is 2.38. The first kappa shape index (κ1) is 8.79. The predicted octanol–water partition coefficient (Wildman–Crippen LogP) is 2.77. The molecule has 1 saturated heterocycles. The van der Waals surface area contributed by atoms with E-state index in [2.05, 4.69) is 27.4 Å². The summed E-state index contributed by atoms with van der Waals surface area (Å²) < 4.78 is 5.32. The fraction of sp³-hybridized carbons (Fsp3) is 0.800. The molecule has 0 bridgehead atoms. The lowest BCUT2D eigenvalue weighted by molar-refractivity contribution is 0.337. The van der Waals surface area contributed by atoms with Gasteiger partial charge in [0.15, 0.2) is 0 Å². The van der Waals surface area contributed by atoms with Gasteiger partial charge < -0.3 is 4.74 Å². The van der Waals surface area contributed by atoms with E-state index in [1.165, 1.54) is 12.8 Å². The molecule has 0 aromatic carbocycles. The van der Waals surface area contributed by atoms with Crippen molar-refractivity contribution in [3.05, 3.63) is 12.7 Å². The van der Waals surface area contributed by atoms with Crippen LogP contribution in [0.4, 0.5) is 0 Å². The van der Waals surface area contributed by atoms with E-state index in [-0.39, 0.29) is 5.41 Å². The molecule has 1 aliphatic rings. The minimum Gasteiger partial charge on any atom is -0.370 e. The molecule has 0 saturated carbocycles. The van der Waals surface area contributed by atoms with Crippen molar-refractivity contribution in [3.8, 4) is 0 Å². The van der Waals surface area contributed by atoms with E-state index in [0.717, 1.165) is 0 Å². The third-order valence-corrected chi connectivity index (χ3v) is 2.46. The average molecular weight is 154 g/mol. The molecular weight excluding hydrogens is 136 g/mol. The summed E-state index contributed by atoms with van der Waals surface area (Å²) in [6.07, 6.45) is 5.44. The van der Waals surface area contributed by atoms with E-state index in [9.17, 15) is 0 Å². The Morgan fingerprint density at radius 3 is 2.45 bits per heavy atom. The van der Waals surface area contributed by atoms with Crippen molar-refractivity contribution < 1.29 is 4.74 Å². The molecule has 0 N–H and O–H groups in total. The van der Waals surface area contributed by atoms with Crippen LogP contribution in [0.25, 0.3) is 0 Å². The summed E-state index contributed by atoms with van der Waals surface area (Å²) >= 11 is 0. The highest BCUT2D eigenvalue weighted by atomic mass is 16.6. The van der Waals surface area contributed by atoms with Gasteiger partial charge in [0.05, 0.1) is 12.2 Å². The molecule has 1 heteroatoms. The van der Waals surface area contributed by atoms with Crippen LogP contribution in [-0.2, 0) is 4.74 Å². The molecular formula is C10H18O. The van der Waals surface area contributed by atoms with Crippen LogP contribution >= 0.6 is 0 Å². The highest BCUT2D eigenvalue weighted by Crippen LogP contribution is 2.31. The average Bonchev–Trinajstić information content (AvgIpc) is 2.63. The summed E-state index contributed by atoms with van der Waals surface area (Å²) in [4.78, 5) is 0. The lowest BCUT2D eigenvalue weighted by atomic mass is 9.87. The third kappa shape index (κ3) is 2.66. The van der Waals surface area contributed by atoms with E-state index >= 15 is 0 Å². The van der Waals surface area contributed by atoms with Gasteiger partial charge in [0.2, 0.25) is 0 Å². The van der Waals surface area contributed by atoms with Crippen LogP contribution in [0.2, 0.25) is 0 Å². The van der Waals surface area contributed by atoms with Gasteiger partial charge in [0, 0.05) is 0 Å². The molecule has 1 rings (SSSR count). The molecule has 0 aromatic rings. The second-order valence-electron chi connectivity index (χ2n) is 4.11. The fourth-order valence-corrected chi connectivity index (χ4v) is 1.15. The second-order valence-corrected chi connectivity index (χ2v) is 4.11. The van der Waals surface area contributed by atoms with E-state index in [4.69, 9.17) is 4.74 Å². The molecule has 11 heavy (non-hydrogen) atoms. The maximum absolute atomic E-state index is 5.32. The molecule has 0 aliphatic carbocycles. The third-order valence-electron chi connectivity index (χ3n) is 2.46. The largest absolute Gasteiger partial charge is 0.370 e. The van der Waals surface area contributed by atoms with E-state index in [1.54, 1.807) is 0 Å². The van der Waals surface area contributed by atoms with Gasteiger partial charge >= 0.3 is 0 Å². The number of ether oxygens (including phenoxy) is 1. The van der Waals surface area contributed by atoms with Crippen molar-refractivity contribution in [3.63, 3.8) is 0 Å². The van der Waals surface area contributed by atoms with Gasteiger partial charge in [0.25, 0.3) is 0 Å². The molecule has 0 aromatic heterocycles. The zero-order chi connectivity index (χ0) is 8.48. The van der Waals surface area contributed by atoms with E-state index in [0.29, 0.717) is 12.2 Å². The quantitative estimate of drug-likeness (QED) is 0.448. The van der Waals surface area contributed by atoms with Crippen molar-refractivity contribution in [1.29, 1.82) is 0 Å². The van der Waals surface area contributed by atoms with Crippen LogP contribution in [0.3, 0.4) is 0 Å². The molecule has 2 atom stereocenters. The van der Waals surface area contributed by atoms with Gasteiger partial charge in [-0.25, -0.2) is 0 Å². The Bertz CT molecular complexity index is 149. The minimum absolute atomic E-state index is 0.283. The Morgan fingerprint density at radius 2 is 2.09 bits per heavy atom. The highest BCUT2D eigenvalue weighted by molar-refractivity contribution is 4.90. The first-order valence-corrected chi connectivity index (χ1v) is 4.34. The van der Waals surface area contributed by atoms with Gasteiger partial charge in [0.1, 0.15) is 0 Å². The van der Waals surface area contributed by atoms with Gasteiger partial charge in [-0.1, -0.05) is 19.9 Å². The monoisotopic (exact) mass is 154 g/mol. The van der Waals surface area contributed by atoms with Gasteiger partial charge in [-0.15, -0.1) is 6.58 Å². The molecule has 1 nitrogen and oxygen atoms in total. The van der Waals surface area contributed by atoms with E-state index in [1.807, 2.05) is 6.08 Å². The Balaban J connectivity index is 2.16. The lowest BCUT2D eigenvalue weighted by Gasteiger charge is -2.18. The number of hydrogen-bond acceptors (Lipinski definition) is 1. The number of hydrogen-bond donors (Lipinski definition) is 0. The Labute approximate surface area is 69.4 Å². The van der Waals surface area contributed by atoms with Crippen molar-refractivity contribution in [2.75, 3.05) is 0 Å². The lowest BCUT2D eigenvalue weighted by Crippen LogP contribution is -2.08. The molecule has 1 fully saturated rings. The molecule has 0 spiro atoms. The molecule has 64 valence electrons. The summed E-state index contributed by atoms with van der Waals surface area (Å²) in [5, 5.41) is 0. The number of allylic oxidation sites excluding steroid dienone is 1. The highest BCUT2D eigenvalue weighted by Gasteiger charge is 2.34. The van der Waals surface area contributed by atoms with Crippen molar-refractivity contribution in [2.45, 2.75) is 45.8 Å². The smallest absolute Gasteiger partial charge is 0.0839 e. The summed E-state index contributed by atoms with van der Waals surface area (Å²) in [7, 11) is 0. The SMILES string of the molecule is C=CC(C)(C)CCC1OC1C. The number of rotatable bonds is 4. The van der Waals surface area contributed by atoms with Crippen LogP contribution in [-0.4, -0.2) is 12.2 Å². The van der Waals surface area contributed by atoms with Crippen molar-refractivity contribution >= 4 is 0 Å². The molecule has 1 aliphatic heterocycles. The van der Waals surface area contributed by atoms with Crippen LogP contribution < -0.4 is 0 Å². The van der Waals surface area contributed by atoms with Gasteiger partial charge in [-0.2, -0.15) is 0 Å². The summed E-state index contributed by atoms with van der Waals surface area (Å²) in [5.41, 5.74) is 0.283. The standard InChI is InChI=1S/C10H18O/c1-5-10(3,4)7-6-9-8(2)11-9/h5,8-9H,1,6-7H2,2-4H3. The maximum Gasteiger partial charge on any atom is 0.0839 e. The minimum atomic E-state index is 0.283. The Hall–Kier alpha value is -0.300. The zero-order valence-corrected chi connectivity index (χ0v) is 7.76. The maximum atomic E-state index is 5.32. The summed E-state index contributed by atoms with van der Waals surface area (Å²) in [6.45, 7) is 10.4. The first-order chi connectivity index (χ1) is 5.05. The Morgan fingerprint density at radius 1 is 1.55 bits per heavy atom.